The number of hydrogen-bond acceptors (Lipinski definition) is 3. The number of amides is 2. The largest absolute Gasteiger partial charge is 0.288 e. The molecule has 4 heteroatoms. The fourth-order valence-corrected chi connectivity index (χ4v) is 2.11. The summed E-state index contributed by atoms with van der Waals surface area (Å²) in [7, 11) is 0. The molecule has 0 radical (unpaired) electrons. The van der Waals surface area contributed by atoms with Crippen LogP contribution in [0, 0.1) is 5.41 Å². The normalized spacial score (nSPS) is 18.1. The number of rotatable bonds is 4. The Balaban J connectivity index is 2.66. The first-order chi connectivity index (χ1) is 6.52. The van der Waals surface area contributed by atoms with Gasteiger partial charge in [-0.05, 0) is 18.3 Å². The number of imide groups is 1. The van der Waals surface area contributed by atoms with E-state index in [1.54, 1.807) is 0 Å². The van der Waals surface area contributed by atoms with Crippen molar-refractivity contribution in [3.63, 3.8) is 0 Å². The summed E-state index contributed by atoms with van der Waals surface area (Å²) in [6.45, 7) is 6.89. The van der Waals surface area contributed by atoms with Crippen LogP contribution in [0.15, 0.2) is 0 Å². The first-order valence-corrected chi connectivity index (χ1v) is 5.98. The molecule has 0 unspecified atom stereocenters. The monoisotopic (exact) mass is 215 g/mol. The van der Waals surface area contributed by atoms with Gasteiger partial charge < -0.3 is 0 Å². The summed E-state index contributed by atoms with van der Waals surface area (Å²) in [5.41, 5.74) is 0.0796. The highest BCUT2D eigenvalue weighted by Gasteiger charge is 2.34. The summed E-state index contributed by atoms with van der Waals surface area (Å²) in [6.07, 6.45) is 1.98. The number of thioether (sulfide) groups is 1. The minimum Gasteiger partial charge on any atom is -0.273 e. The number of hydrogen-bond donors (Lipinski definition) is 0. The van der Waals surface area contributed by atoms with Gasteiger partial charge in [0.2, 0.25) is 5.91 Å². The second kappa shape index (κ2) is 4.34. The Morgan fingerprint density at radius 1 is 1.36 bits per heavy atom. The molecule has 0 aromatic heterocycles. The molecule has 1 heterocycles. The summed E-state index contributed by atoms with van der Waals surface area (Å²) in [4.78, 5) is 24.1. The standard InChI is InChI=1S/C10H17NO2S/c1-4-10(3,5-2)7-11-8(12)6-14-9(11)13/h4-7H2,1-3H3. The van der Waals surface area contributed by atoms with Gasteiger partial charge in [0.05, 0.1) is 5.75 Å². The lowest BCUT2D eigenvalue weighted by atomic mass is 9.84. The molecule has 1 saturated heterocycles. The lowest BCUT2D eigenvalue weighted by Crippen LogP contribution is -2.38. The zero-order valence-electron chi connectivity index (χ0n) is 9.00. The van der Waals surface area contributed by atoms with Crippen molar-refractivity contribution in [3.8, 4) is 0 Å². The highest BCUT2D eigenvalue weighted by atomic mass is 32.2. The minimum absolute atomic E-state index is 0.0341. The lowest BCUT2D eigenvalue weighted by molar-refractivity contribution is -0.125. The molecule has 0 aromatic carbocycles. The molecule has 14 heavy (non-hydrogen) atoms. The topological polar surface area (TPSA) is 37.4 Å². The fourth-order valence-electron chi connectivity index (χ4n) is 1.39. The van der Waals surface area contributed by atoms with Crippen molar-refractivity contribution < 1.29 is 9.59 Å². The van der Waals surface area contributed by atoms with E-state index in [0.717, 1.165) is 24.6 Å². The molecule has 2 amide bonds. The van der Waals surface area contributed by atoms with Crippen LogP contribution in [0.4, 0.5) is 4.79 Å². The molecule has 0 aliphatic carbocycles. The summed E-state index contributed by atoms with van der Waals surface area (Å²) in [6, 6.07) is 0. The Labute approximate surface area is 89.2 Å². The van der Waals surface area contributed by atoms with Crippen LogP contribution in [0.25, 0.3) is 0 Å². The van der Waals surface area contributed by atoms with Gasteiger partial charge in [0, 0.05) is 6.54 Å². The molecule has 0 N–H and O–H groups in total. The average Bonchev–Trinajstić information content (AvgIpc) is 2.49. The fraction of sp³-hybridized carbons (Fsp3) is 0.800. The van der Waals surface area contributed by atoms with Crippen molar-refractivity contribution in [3.05, 3.63) is 0 Å². The third kappa shape index (κ3) is 2.29. The summed E-state index contributed by atoms with van der Waals surface area (Å²) < 4.78 is 0. The van der Waals surface area contributed by atoms with Gasteiger partial charge in [-0.1, -0.05) is 32.5 Å². The Hall–Kier alpha value is -0.510. The molecule has 3 nitrogen and oxygen atoms in total. The summed E-state index contributed by atoms with van der Waals surface area (Å²) in [5.74, 6) is 0.288. The van der Waals surface area contributed by atoms with Crippen LogP contribution in [-0.2, 0) is 4.79 Å². The number of carbonyl (C=O) groups is 2. The van der Waals surface area contributed by atoms with Crippen LogP contribution >= 0.6 is 11.8 Å². The van der Waals surface area contributed by atoms with Crippen LogP contribution in [0.5, 0.6) is 0 Å². The van der Waals surface area contributed by atoms with E-state index >= 15 is 0 Å². The van der Waals surface area contributed by atoms with E-state index in [2.05, 4.69) is 20.8 Å². The second-order valence-electron chi connectivity index (χ2n) is 4.05. The molecule has 1 fully saturated rings. The molecule has 1 rings (SSSR count). The third-order valence-electron chi connectivity index (χ3n) is 3.09. The van der Waals surface area contributed by atoms with E-state index in [0.29, 0.717) is 12.3 Å². The van der Waals surface area contributed by atoms with Crippen LogP contribution < -0.4 is 0 Å². The molecule has 0 spiro atoms. The van der Waals surface area contributed by atoms with Crippen molar-refractivity contribution in [1.82, 2.24) is 4.90 Å². The van der Waals surface area contributed by atoms with Crippen LogP contribution in [-0.4, -0.2) is 28.3 Å². The number of carbonyl (C=O) groups excluding carboxylic acids is 2. The highest BCUT2D eigenvalue weighted by molar-refractivity contribution is 8.14. The summed E-state index contributed by atoms with van der Waals surface area (Å²) >= 11 is 1.11. The molecule has 80 valence electrons. The maximum absolute atomic E-state index is 11.4. The van der Waals surface area contributed by atoms with E-state index < -0.39 is 0 Å². The molecule has 1 aliphatic heterocycles. The van der Waals surface area contributed by atoms with Gasteiger partial charge in [0.25, 0.3) is 5.24 Å². The SMILES string of the molecule is CCC(C)(CC)CN1C(=O)CSC1=O. The van der Waals surface area contributed by atoms with E-state index in [-0.39, 0.29) is 16.6 Å². The molecular weight excluding hydrogens is 198 g/mol. The van der Waals surface area contributed by atoms with Gasteiger partial charge in [-0.2, -0.15) is 0 Å². The molecular formula is C10H17NO2S. The zero-order valence-corrected chi connectivity index (χ0v) is 9.82. The second-order valence-corrected chi connectivity index (χ2v) is 4.98. The highest BCUT2D eigenvalue weighted by Crippen LogP contribution is 2.30. The molecule has 0 bridgehead atoms. The zero-order chi connectivity index (χ0) is 10.8. The Bertz CT molecular complexity index is 233. The van der Waals surface area contributed by atoms with Gasteiger partial charge in [0.15, 0.2) is 0 Å². The average molecular weight is 215 g/mol. The quantitative estimate of drug-likeness (QED) is 0.723. The maximum atomic E-state index is 11.4. The third-order valence-corrected chi connectivity index (χ3v) is 3.95. The first-order valence-electron chi connectivity index (χ1n) is 4.99. The minimum atomic E-state index is -0.0804. The van der Waals surface area contributed by atoms with Crippen LogP contribution in [0.2, 0.25) is 0 Å². The van der Waals surface area contributed by atoms with Gasteiger partial charge in [0.1, 0.15) is 0 Å². The first kappa shape index (κ1) is 11.6. The van der Waals surface area contributed by atoms with Crippen LogP contribution in [0.3, 0.4) is 0 Å². The molecule has 0 saturated carbocycles. The summed E-state index contributed by atoms with van der Waals surface area (Å²) in [5, 5.41) is -0.0804. The van der Waals surface area contributed by atoms with Gasteiger partial charge in [-0.25, -0.2) is 0 Å². The van der Waals surface area contributed by atoms with Crippen molar-refractivity contribution in [1.29, 1.82) is 0 Å². The Morgan fingerprint density at radius 3 is 2.29 bits per heavy atom. The molecule has 0 aromatic rings. The Morgan fingerprint density at radius 2 is 1.93 bits per heavy atom. The van der Waals surface area contributed by atoms with Crippen molar-refractivity contribution in [2.45, 2.75) is 33.6 Å². The smallest absolute Gasteiger partial charge is 0.273 e. The predicted molar refractivity (Wildman–Crippen MR) is 58.3 cm³/mol. The van der Waals surface area contributed by atoms with Crippen LogP contribution in [0.1, 0.15) is 33.6 Å². The number of nitrogens with zero attached hydrogens (tertiary/aromatic N) is 1. The molecule has 1 aliphatic rings. The van der Waals surface area contributed by atoms with E-state index in [4.69, 9.17) is 0 Å². The Kier molecular flexibility index (Phi) is 3.59. The lowest BCUT2D eigenvalue weighted by Gasteiger charge is -2.30. The van der Waals surface area contributed by atoms with Crippen molar-refractivity contribution in [2.75, 3.05) is 12.3 Å². The van der Waals surface area contributed by atoms with Crippen molar-refractivity contribution in [2.24, 2.45) is 5.41 Å². The van der Waals surface area contributed by atoms with Crippen molar-refractivity contribution >= 4 is 22.9 Å². The van der Waals surface area contributed by atoms with Gasteiger partial charge in [-0.15, -0.1) is 0 Å². The van der Waals surface area contributed by atoms with E-state index in [9.17, 15) is 9.59 Å². The predicted octanol–water partition coefficient (Wildman–Crippen LogP) is 2.51. The molecule has 0 atom stereocenters. The van der Waals surface area contributed by atoms with Gasteiger partial charge in [-0.3, -0.25) is 14.5 Å². The van der Waals surface area contributed by atoms with E-state index in [1.807, 2.05) is 0 Å². The maximum Gasteiger partial charge on any atom is 0.288 e. The van der Waals surface area contributed by atoms with Gasteiger partial charge >= 0.3 is 0 Å². The van der Waals surface area contributed by atoms with E-state index in [1.165, 1.54) is 4.90 Å².